The van der Waals surface area contributed by atoms with Crippen LogP contribution in [0, 0.1) is 12.8 Å². The van der Waals surface area contributed by atoms with Crippen LogP contribution >= 0.6 is 0 Å². The highest BCUT2D eigenvalue weighted by atomic mass is 16.5. The maximum absolute atomic E-state index is 6.10. The number of anilines is 3. The number of likely N-dealkylation sites (tertiary alicyclic amines) is 1. The Morgan fingerprint density at radius 2 is 2.00 bits per heavy atom. The maximum Gasteiger partial charge on any atom is 0.229 e. The Morgan fingerprint density at radius 1 is 1.21 bits per heavy atom. The van der Waals surface area contributed by atoms with Crippen molar-refractivity contribution in [2.45, 2.75) is 33.2 Å². The lowest BCUT2D eigenvalue weighted by Crippen LogP contribution is -2.52. The summed E-state index contributed by atoms with van der Waals surface area (Å²) in [5.41, 5.74) is 1.75. The van der Waals surface area contributed by atoms with Gasteiger partial charge in [-0.2, -0.15) is 4.98 Å². The van der Waals surface area contributed by atoms with Crippen molar-refractivity contribution in [3.05, 3.63) is 30.0 Å². The lowest BCUT2D eigenvalue weighted by atomic mass is 9.98. The number of nitrogens with one attached hydrogen (secondary N) is 2. The Morgan fingerprint density at radius 3 is 2.68 bits per heavy atom. The van der Waals surface area contributed by atoms with Crippen LogP contribution in [0.1, 0.15) is 26.0 Å². The highest BCUT2D eigenvalue weighted by Gasteiger charge is 2.30. The van der Waals surface area contributed by atoms with Crippen LogP contribution < -0.4 is 20.1 Å². The van der Waals surface area contributed by atoms with E-state index in [-0.39, 0.29) is 0 Å². The minimum absolute atomic E-state index is 0.545. The molecule has 1 aromatic carbocycles. The fourth-order valence-electron chi connectivity index (χ4n) is 3.29. The van der Waals surface area contributed by atoms with Gasteiger partial charge in [0.05, 0.1) is 13.7 Å². The third kappa shape index (κ3) is 4.84. The van der Waals surface area contributed by atoms with Crippen LogP contribution in [0.25, 0.3) is 0 Å². The molecule has 2 aromatic rings. The van der Waals surface area contributed by atoms with Crippen LogP contribution in [-0.2, 0) is 0 Å². The number of aromatic nitrogens is 2. The number of benzene rings is 1. The lowest BCUT2D eigenvalue weighted by Gasteiger charge is -2.42. The van der Waals surface area contributed by atoms with Gasteiger partial charge in [-0.05, 0) is 32.4 Å². The molecule has 2 N–H and O–H groups in total. The predicted molar refractivity (Wildman–Crippen MR) is 113 cm³/mol. The smallest absolute Gasteiger partial charge is 0.229 e. The zero-order valence-electron chi connectivity index (χ0n) is 17.5. The Hall–Kier alpha value is -2.54. The Bertz CT molecular complexity index is 792. The zero-order valence-corrected chi connectivity index (χ0v) is 17.5. The molecule has 3 rings (SSSR count). The van der Waals surface area contributed by atoms with E-state index in [0.29, 0.717) is 24.5 Å². The van der Waals surface area contributed by atoms with Crippen molar-refractivity contribution in [1.29, 1.82) is 0 Å². The van der Waals surface area contributed by atoms with Gasteiger partial charge in [0, 0.05) is 55.6 Å². The molecule has 0 spiro atoms. The second-order valence-corrected chi connectivity index (χ2v) is 7.35. The van der Waals surface area contributed by atoms with Crippen molar-refractivity contribution in [2.75, 3.05) is 44.5 Å². The van der Waals surface area contributed by atoms with Crippen LogP contribution in [-0.4, -0.2) is 54.8 Å². The van der Waals surface area contributed by atoms with E-state index < -0.39 is 0 Å². The molecule has 7 heteroatoms. The van der Waals surface area contributed by atoms with Gasteiger partial charge in [0.15, 0.2) is 11.5 Å². The monoisotopic (exact) mass is 385 g/mol. The standard InChI is InChI=1S/C21H31N5O2/c1-6-15(3)26-11-16(12-26)13-28-19-10-17(7-8-18(19)27-5)24-21-23-14(2)9-20(22-4)25-21/h7-10,15-16H,6,11-13H2,1-5H3,(H2,22,23,24,25). The summed E-state index contributed by atoms with van der Waals surface area (Å²) < 4.78 is 11.6. The van der Waals surface area contributed by atoms with Gasteiger partial charge in [-0.1, -0.05) is 6.92 Å². The molecule has 1 saturated heterocycles. The maximum atomic E-state index is 6.10. The first kappa shape index (κ1) is 20.2. The second kappa shape index (κ2) is 9.10. The van der Waals surface area contributed by atoms with E-state index in [9.17, 15) is 0 Å². The lowest BCUT2D eigenvalue weighted by molar-refractivity contribution is 0.0299. The van der Waals surface area contributed by atoms with E-state index in [1.807, 2.05) is 38.2 Å². The summed E-state index contributed by atoms with van der Waals surface area (Å²) in [6.07, 6.45) is 1.19. The SMILES string of the molecule is CCC(C)N1CC(COc2cc(Nc3nc(C)cc(NC)n3)ccc2OC)C1. The van der Waals surface area contributed by atoms with E-state index in [4.69, 9.17) is 9.47 Å². The molecule has 2 heterocycles. The number of ether oxygens (including phenoxy) is 2. The van der Waals surface area contributed by atoms with Gasteiger partial charge < -0.3 is 20.1 Å². The Labute approximate surface area is 167 Å². The molecule has 152 valence electrons. The average Bonchev–Trinajstić information content (AvgIpc) is 2.66. The van der Waals surface area contributed by atoms with Crippen LogP contribution in [0.2, 0.25) is 0 Å². The molecule has 1 aromatic heterocycles. The number of rotatable bonds is 9. The highest BCUT2D eigenvalue weighted by Crippen LogP contribution is 2.32. The fourth-order valence-corrected chi connectivity index (χ4v) is 3.29. The second-order valence-electron chi connectivity index (χ2n) is 7.35. The van der Waals surface area contributed by atoms with Crippen molar-refractivity contribution in [3.8, 4) is 11.5 Å². The molecule has 0 saturated carbocycles. The number of methoxy groups -OCH3 is 1. The van der Waals surface area contributed by atoms with Gasteiger partial charge in [0.2, 0.25) is 5.95 Å². The van der Waals surface area contributed by atoms with Crippen molar-refractivity contribution in [2.24, 2.45) is 5.92 Å². The van der Waals surface area contributed by atoms with Gasteiger partial charge >= 0.3 is 0 Å². The summed E-state index contributed by atoms with van der Waals surface area (Å²) in [5, 5.41) is 6.30. The zero-order chi connectivity index (χ0) is 20.1. The normalized spacial score (nSPS) is 15.6. The summed E-state index contributed by atoms with van der Waals surface area (Å²) in [6.45, 7) is 9.34. The van der Waals surface area contributed by atoms with Crippen LogP contribution in [0.5, 0.6) is 11.5 Å². The van der Waals surface area contributed by atoms with Gasteiger partial charge in [-0.25, -0.2) is 4.98 Å². The van der Waals surface area contributed by atoms with Gasteiger partial charge in [-0.15, -0.1) is 0 Å². The summed E-state index contributed by atoms with van der Waals surface area (Å²) in [6, 6.07) is 8.32. The minimum Gasteiger partial charge on any atom is -0.493 e. The first-order valence-electron chi connectivity index (χ1n) is 9.87. The van der Waals surface area contributed by atoms with E-state index in [0.717, 1.165) is 41.8 Å². The van der Waals surface area contributed by atoms with E-state index >= 15 is 0 Å². The number of aryl methyl sites for hydroxylation is 1. The number of nitrogens with zero attached hydrogens (tertiary/aromatic N) is 3. The molecule has 28 heavy (non-hydrogen) atoms. The molecule has 1 aliphatic heterocycles. The summed E-state index contributed by atoms with van der Waals surface area (Å²) in [4.78, 5) is 11.4. The summed E-state index contributed by atoms with van der Waals surface area (Å²) in [7, 11) is 3.50. The molecular formula is C21H31N5O2. The molecule has 0 amide bonds. The quantitative estimate of drug-likeness (QED) is 0.682. The van der Waals surface area contributed by atoms with Crippen LogP contribution in [0.3, 0.4) is 0 Å². The molecule has 1 unspecified atom stereocenters. The van der Waals surface area contributed by atoms with Crippen molar-refractivity contribution in [1.82, 2.24) is 14.9 Å². The summed E-state index contributed by atoms with van der Waals surface area (Å²) >= 11 is 0. The molecule has 1 aliphatic rings. The van der Waals surface area contributed by atoms with E-state index in [2.05, 4.69) is 39.3 Å². The third-order valence-electron chi connectivity index (χ3n) is 5.20. The molecular weight excluding hydrogens is 354 g/mol. The van der Waals surface area contributed by atoms with Gasteiger partial charge in [-0.3, -0.25) is 4.90 Å². The molecule has 0 bridgehead atoms. The van der Waals surface area contributed by atoms with Gasteiger partial charge in [0.25, 0.3) is 0 Å². The van der Waals surface area contributed by atoms with Gasteiger partial charge in [0.1, 0.15) is 5.82 Å². The number of hydrogen-bond acceptors (Lipinski definition) is 7. The van der Waals surface area contributed by atoms with Crippen molar-refractivity contribution >= 4 is 17.5 Å². The number of hydrogen-bond donors (Lipinski definition) is 2. The average molecular weight is 386 g/mol. The van der Waals surface area contributed by atoms with Crippen molar-refractivity contribution in [3.63, 3.8) is 0 Å². The topological polar surface area (TPSA) is 71.5 Å². The molecule has 7 nitrogen and oxygen atoms in total. The largest absolute Gasteiger partial charge is 0.493 e. The van der Waals surface area contributed by atoms with Crippen LogP contribution in [0.4, 0.5) is 17.5 Å². The molecule has 1 atom stereocenters. The third-order valence-corrected chi connectivity index (χ3v) is 5.20. The molecule has 0 aliphatic carbocycles. The van der Waals surface area contributed by atoms with Crippen molar-refractivity contribution < 1.29 is 9.47 Å². The van der Waals surface area contributed by atoms with E-state index in [1.165, 1.54) is 6.42 Å². The molecule has 1 fully saturated rings. The predicted octanol–water partition coefficient (Wildman–Crippen LogP) is 3.69. The fraction of sp³-hybridized carbons (Fsp3) is 0.524. The first-order chi connectivity index (χ1) is 13.5. The Balaban J connectivity index is 1.64. The summed E-state index contributed by atoms with van der Waals surface area (Å²) in [5.74, 6) is 3.34. The highest BCUT2D eigenvalue weighted by molar-refractivity contribution is 5.60. The first-order valence-corrected chi connectivity index (χ1v) is 9.87. The van der Waals surface area contributed by atoms with E-state index in [1.54, 1.807) is 7.11 Å². The Kier molecular flexibility index (Phi) is 6.57. The minimum atomic E-state index is 0.545. The van der Waals surface area contributed by atoms with Crippen LogP contribution in [0.15, 0.2) is 24.3 Å². The molecule has 0 radical (unpaired) electrons.